The Morgan fingerprint density at radius 2 is 1.69 bits per heavy atom. The van der Waals surface area contributed by atoms with E-state index in [1.165, 1.54) is 12.3 Å². The van der Waals surface area contributed by atoms with Gasteiger partial charge in [0.2, 0.25) is 0 Å². The van der Waals surface area contributed by atoms with E-state index in [0.717, 1.165) is 12.1 Å². The first-order valence-corrected chi connectivity index (χ1v) is 9.85. The van der Waals surface area contributed by atoms with Crippen LogP contribution in [0.15, 0.2) is 65.3 Å². The number of alkyl halides is 3. The second-order valence-electron chi connectivity index (χ2n) is 7.19. The Kier molecular flexibility index (Phi) is 5.85. The number of oxazole rings is 1. The van der Waals surface area contributed by atoms with Gasteiger partial charge < -0.3 is 14.2 Å². The molecule has 1 saturated heterocycles. The molecule has 32 heavy (non-hydrogen) atoms. The number of carbonyl (C=O) groups excluding carboxylic acids is 2. The van der Waals surface area contributed by atoms with Crippen molar-refractivity contribution in [1.29, 1.82) is 0 Å². The number of carbonyl (C=O) groups is 2. The van der Waals surface area contributed by atoms with E-state index in [0.29, 0.717) is 37.4 Å². The van der Waals surface area contributed by atoms with Gasteiger partial charge in [0.25, 0.3) is 11.8 Å². The first-order chi connectivity index (χ1) is 15.3. The summed E-state index contributed by atoms with van der Waals surface area (Å²) in [5, 5.41) is 2.49. The lowest BCUT2D eigenvalue weighted by atomic mass is 10.1. The number of halogens is 3. The Morgan fingerprint density at radius 1 is 0.969 bits per heavy atom. The third kappa shape index (κ3) is 4.74. The normalized spacial score (nSPS) is 14.3. The smallest absolute Gasteiger partial charge is 0.416 e. The number of nitrogens with zero attached hydrogens (tertiary/aromatic N) is 3. The molecule has 1 N–H and O–H groups in total. The van der Waals surface area contributed by atoms with Crippen molar-refractivity contribution in [3.05, 3.63) is 77.7 Å². The molecular formula is C22H19F3N4O3. The van der Waals surface area contributed by atoms with E-state index in [-0.39, 0.29) is 17.6 Å². The summed E-state index contributed by atoms with van der Waals surface area (Å²) in [6.45, 7) is 1.38. The minimum atomic E-state index is -4.41. The first-order valence-electron chi connectivity index (χ1n) is 9.85. The maximum atomic E-state index is 13.0. The Morgan fingerprint density at radius 3 is 2.38 bits per heavy atom. The lowest BCUT2D eigenvalue weighted by molar-refractivity contribution is -0.137. The molecule has 0 spiro atoms. The summed E-state index contributed by atoms with van der Waals surface area (Å²) in [5.74, 6) is -0.793. The molecule has 0 atom stereocenters. The van der Waals surface area contributed by atoms with Crippen molar-refractivity contribution < 1.29 is 27.2 Å². The van der Waals surface area contributed by atoms with Gasteiger partial charge in [-0.3, -0.25) is 14.9 Å². The highest BCUT2D eigenvalue weighted by atomic mass is 19.4. The molecule has 3 aromatic rings. The lowest BCUT2D eigenvalue weighted by Crippen LogP contribution is -2.49. The van der Waals surface area contributed by atoms with Gasteiger partial charge >= 0.3 is 12.2 Å². The summed E-state index contributed by atoms with van der Waals surface area (Å²) >= 11 is 0. The zero-order chi connectivity index (χ0) is 22.7. The molecule has 4 rings (SSSR count). The van der Waals surface area contributed by atoms with Gasteiger partial charge in [0, 0.05) is 37.4 Å². The molecule has 1 aliphatic heterocycles. The maximum Gasteiger partial charge on any atom is 0.416 e. The minimum absolute atomic E-state index is 0.0425. The fourth-order valence-electron chi connectivity index (χ4n) is 3.40. The number of aromatic nitrogens is 1. The van der Waals surface area contributed by atoms with Crippen LogP contribution in [0.5, 0.6) is 0 Å². The molecule has 1 fully saturated rings. The van der Waals surface area contributed by atoms with E-state index >= 15 is 0 Å². The van der Waals surface area contributed by atoms with Gasteiger partial charge in [-0.1, -0.05) is 24.3 Å². The van der Waals surface area contributed by atoms with Crippen LogP contribution in [0, 0.1) is 0 Å². The molecule has 2 amide bonds. The van der Waals surface area contributed by atoms with Crippen LogP contribution >= 0.6 is 0 Å². The number of amides is 2. The number of nitrogens with one attached hydrogen (secondary N) is 1. The van der Waals surface area contributed by atoms with Crippen LogP contribution in [0.1, 0.15) is 26.4 Å². The molecule has 2 aromatic carbocycles. The summed E-state index contributed by atoms with van der Waals surface area (Å²) in [6.07, 6.45) is -3.24. The van der Waals surface area contributed by atoms with Gasteiger partial charge in [-0.05, 0) is 30.3 Å². The van der Waals surface area contributed by atoms with Gasteiger partial charge in [-0.15, -0.1) is 0 Å². The van der Waals surface area contributed by atoms with Gasteiger partial charge in [-0.25, -0.2) is 0 Å². The number of anilines is 2. The first kappa shape index (κ1) is 21.4. The Labute approximate surface area is 181 Å². The molecule has 0 radical (unpaired) electrons. The summed E-state index contributed by atoms with van der Waals surface area (Å²) < 4.78 is 44.1. The molecule has 0 unspecified atom stereocenters. The quantitative estimate of drug-likeness (QED) is 0.660. The number of piperazine rings is 1. The van der Waals surface area contributed by atoms with Crippen molar-refractivity contribution in [2.24, 2.45) is 0 Å². The molecule has 0 saturated carbocycles. The average molecular weight is 444 g/mol. The van der Waals surface area contributed by atoms with E-state index in [1.54, 1.807) is 46.2 Å². The molecular weight excluding hydrogens is 425 g/mol. The highest BCUT2D eigenvalue weighted by Crippen LogP contribution is 2.32. The second-order valence-corrected chi connectivity index (χ2v) is 7.19. The SMILES string of the molecule is O=C(Nc1nc(C(=O)N2CCN(c3cccc(C(F)(F)F)c3)CC2)co1)c1ccccc1. The predicted molar refractivity (Wildman–Crippen MR) is 110 cm³/mol. The Bertz CT molecular complexity index is 1110. The van der Waals surface area contributed by atoms with Gasteiger partial charge in [0.05, 0.1) is 5.56 Å². The number of rotatable bonds is 4. The average Bonchev–Trinajstić information content (AvgIpc) is 3.27. The van der Waals surface area contributed by atoms with Crippen LogP contribution < -0.4 is 10.2 Å². The van der Waals surface area contributed by atoms with Gasteiger partial charge in [-0.2, -0.15) is 18.2 Å². The monoisotopic (exact) mass is 444 g/mol. The number of hydrogen-bond acceptors (Lipinski definition) is 5. The molecule has 0 aliphatic carbocycles. The van der Waals surface area contributed by atoms with Crippen LogP contribution in [0.3, 0.4) is 0 Å². The number of benzene rings is 2. The highest BCUT2D eigenvalue weighted by molar-refractivity contribution is 6.03. The van der Waals surface area contributed by atoms with Gasteiger partial charge in [0.15, 0.2) is 5.69 Å². The van der Waals surface area contributed by atoms with Crippen molar-refractivity contribution in [2.45, 2.75) is 6.18 Å². The third-order valence-electron chi connectivity index (χ3n) is 5.09. The second kappa shape index (κ2) is 8.74. The minimum Gasteiger partial charge on any atom is -0.431 e. The Hall–Kier alpha value is -3.82. The van der Waals surface area contributed by atoms with E-state index in [4.69, 9.17) is 4.42 Å². The lowest BCUT2D eigenvalue weighted by Gasteiger charge is -2.36. The third-order valence-corrected chi connectivity index (χ3v) is 5.09. The van der Waals surface area contributed by atoms with Crippen LogP contribution in [0.2, 0.25) is 0 Å². The van der Waals surface area contributed by atoms with E-state index < -0.39 is 17.6 Å². The van der Waals surface area contributed by atoms with Crippen LogP contribution in [-0.2, 0) is 6.18 Å². The van der Waals surface area contributed by atoms with Crippen molar-refractivity contribution in [3.63, 3.8) is 0 Å². The largest absolute Gasteiger partial charge is 0.431 e. The molecule has 1 aliphatic rings. The molecule has 2 heterocycles. The Balaban J connectivity index is 1.36. The van der Waals surface area contributed by atoms with Crippen molar-refractivity contribution in [2.75, 3.05) is 36.4 Å². The topological polar surface area (TPSA) is 78.7 Å². The number of hydrogen-bond donors (Lipinski definition) is 1. The maximum absolute atomic E-state index is 13.0. The summed E-state index contributed by atoms with van der Waals surface area (Å²) in [6, 6.07) is 13.5. The van der Waals surface area contributed by atoms with Crippen molar-refractivity contribution >= 4 is 23.5 Å². The molecule has 0 bridgehead atoms. The van der Waals surface area contributed by atoms with Crippen LogP contribution in [0.25, 0.3) is 0 Å². The summed E-state index contributed by atoms with van der Waals surface area (Å²) in [7, 11) is 0. The zero-order valence-electron chi connectivity index (χ0n) is 16.8. The fourth-order valence-corrected chi connectivity index (χ4v) is 3.40. The van der Waals surface area contributed by atoms with Crippen molar-refractivity contribution in [3.8, 4) is 0 Å². The molecule has 7 nitrogen and oxygen atoms in total. The molecule has 1 aromatic heterocycles. The summed E-state index contributed by atoms with van der Waals surface area (Å²) in [5.41, 5.74) is 0.214. The zero-order valence-corrected chi connectivity index (χ0v) is 16.8. The standard InChI is InChI=1S/C22H19F3N4O3/c23-22(24,25)16-7-4-8-17(13-16)28-9-11-29(12-10-28)20(31)18-14-32-21(26-18)27-19(30)15-5-2-1-3-6-15/h1-8,13-14H,9-12H2,(H,26,27,30). The van der Waals surface area contributed by atoms with E-state index in [9.17, 15) is 22.8 Å². The fraction of sp³-hybridized carbons (Fsp3) is 0.227. The highest BCUT2D eigenvalue weighted by Gasteiger charge is 2.31. The van der Waals surface area contributed by atoms with E-state index in [2.05, 4.69) is 10.3 Å². The summed E-state index contributed by atoms with van der Waals surface area (Å²) in [4.78, 5) is 32.3. The van der Waals surface area contributed by atoms with Crippen LogP contribution in [0.4, 0.5) is 24.9 Å². The van der Waals surface area contributed by atoms with E-state index in [1.807, 2.05) is 0 Å². The molecule has 166 valence electrons. The molecule has 10 heteroatoms. The van der Waals surface area contributed by atoms with Crippen LogP contribution in [-0.4, -0.2) is 47.9 Å². The predicted octanol–water partition coefficient (Wildman–Crippen LogP) is 3.91. The van der Waals surface area contributed by atoms with Crippen molar-refractivity contribution in [1.82, 2.24) is 9.88 Å². The van der Waals surface area contributed by atoms with Gasteiger partial charge in [0.1, 0.15) is 6.26 Å².